The van der Waals surface area contributed by atoms with Crippen molar-refractivity contribution in [1.82, 2.24) is 20.0 Å². The molecular formula is C21H29N5. The van der Waals surface area contributed by atoms with E-state index in [1.54, 1.807) is 0 Å². The highest BCUT2D eigenvalue weighted by Gasteiger charge is 2.16. The van der Waals surface area contributed by atoms with Crippen molar-refractivity contribution in [2.24, 2.45) is 4.99 Å². The minimum Gasteiger partial charge on any atom is -0.356 e. The van der Waals surface area contributed by atoms with E-state index in [-0.39, 0.29) is 0 Å². The molecule has 0 amide bonds. The van der Waals surface area contributed by atoms with Gasteiger partial charge in [-0.25, -0.2) is 0 Å². The lowest BCUT2D eigenvalue weighted by Gasteiger charge is -2.31. The predicted molar refractivity (Wildman–Crippen MR) is 108 cm³/mol. The van der Waals surface area contributed by atoms with Crippen LogP contribution in [0.2, 0.25) is 0 Å². The van der Waals surface area contributed by atoms with E-state index in [9.17, 15) is 0 Å². The third-order valence-electron chi connectivity index (χ3n) is 4.70. The van der Waals surface area contributed by atoms with Crippen molar-refractivity contribution in [2.75, 3.05) is 26.7 Å². The fraction of sp³-hybridized carbons (Fsp3) is 0.429. The second kappa shape index (κ2) is 9.22. The first-order valence-electron chi connectivity index (χ1n) is 9.44. The Kier molecular flexibility index (Phi) is 6.47. The van der Waals surface area contributed by atoms with E-state index in [0.717, 1.165) is 51.4 Å². The number of hydrogen-bond donors (Lipinski definition) is 1. The molecule has 5 heteroatoms. The van der Waals surface area contributed by atoms with Gasteiger partial charge in [-0.05, 0) is 37.3 Å². The zero-order chi connectivity index (χ0) is 18.2. The summed E-state index contributed by atoms with van der Waals surface area (Å²) in [6.45, 7) is 5.96. The summed E-state index contributed by atoms with van der Waals surface area (Å²) in [6.07, 6.45) is 9.55. The number of aryl methyl sites for hydroxylation is 2. The Morgan fingerprint density at radius 3 is 2.65 bits per heavy atom. The van der Waals surface area contributed by atoms with E-state index in [1.165, 1.54) is 16.7 Å². The lowest BCUT2D eigenvalue weighted by molar-refractivity contribution is 0.374. The number of hydrogen-bond acceptors (Lipinski definition) is 2. The molecule has 0 saturated carbocycles. The molecular weight excluding hydrogens is 322 g/mol. The highest BCUT2D eigenvalue weighted by atomic mass is 15.3. The van der Waals surface area contributed by atoms with Gasteiger partial charge in [0.15, 0.2) is 5.96 Å². The molecule has 138 valence electrons. The van der Waals surface area contributed by atoms with Gasteiger partial charge in [-0.1, -0.05) is 42.0 Å². The Bertz CT molecular complexity index is 735. The van der Waals surface area contributed by atoms with Crippen LogP contribution in [-0.4, -0.2) is 47.3 Å². The van der Waals surface area contributed by atoms with Gasteiger partial charge in [0, 0.05) is 39.4 Å². The highest BCUT2D eigenvalue weighted by molar-refractivity contribution is 5.80. The van der Waals surface area contributed by atoms with Gasteiger partial charge in [0.1, 0.15) is 0 Å². The second-order valence-electron chi connectivity index (χ2n) is 6.81. The number of likely N-dealkylation sites (tertiary alicyclic amines) is 1. The minimum absolute atomic E-state index is 0.912. The van der Waals surface area contributed by atoms with E-state index >= 15 is 0 Å². The molecule has 0 bridgehead atoms. The molecule has 2 heterocycles. The quantitative estimate of drug-likeness (QED) is 0.510. The molecule has 1 aliphatic rings. The van der Waals surface area contributed by atoms with Gasteiger partial charge in [0.25, 0.3) is 0 Å². The highest BCUT2D eigenvalue weighted by Crippen LogP contribution is 2.19. The van der Waals surface area contributed by atoms with Crippen LogP contribution in [0.25, 0.3) is 6.08 Å². The number of aliphatic imine (C=N–C) groups is 1. The maximum Gasteiger partial charge on any atom is 0.193 e. The summed E-state index contributed by atoms with van der Waals surface area (Å²) in [5.74, 6) is 1.01. The summed E-state index contributed by atoms with van der Waals surface area (Å²) >= 11 is 0. The second-order valence-corrected chi connectivity index (χ2v) is 6.81. The minimum atomic E-state index is 0.912. The lowest BCUT2D eigenvalue weighted by Crippen LogP contribution is -2.44. The number of nitrogens with one attached hydrogen (secondary N) is 1. The fourth-order valence-corrected chi connectivity index (χ4v) is 3.30. The number of rotatable bonds is 5. The molecule has 1 aliphatic heterocycles. The third-order valence-corrected chi connectivity index (χ3v) is 4.70. The normalized spacial score (nSPS) is 15.2. The summed E-state index contributed by atoms with van der Waals surface area (Å²) in [5.41, 5.74) is 4.03. The molecule has 2 aromatic rings. The monoisotopic (exact) mass is 351 g/mol. The molecule has 1 aromatic carbocycles. The molecule has 1 N–H and O–H groups in total. The standard InChI is InChI=1S/C21H29N5/c1-18-16-24-26(17-18)12-6-11-23-21(22-2)25-13-9-20(10-14-25)15-19-7-4-3-5-8-19/h3-5,7-8,15-17H,6,9-14H2,1-2H3,(H,22,23). The SMILES string of the molecule is CN=C(NCCCn1cc(C)cn1)N1CCC(=Cc2ccccc2)CC1. The van der Waals surface area contributed by atoms with Crippen molar-refractivity contribution in [3.63, 3.8) is 0 Å². The molecule has 0 radical (unpaired) electrons. The first-order valence-corrected chi connectivity index (χ1v) is 9.44. The van der Waals surface area contributed by atoms with E-state index in [2.05, 4.69) is 69.8 Å². The predicted octanol–water partition coefficient (Wildman–Crippen LogP) is 3.34. The van der Waals surface area contributed by atoms with Gasteiger partial charge in [0.05, 0.1) is 6.20 Å². The number of nitrogens with zero attached hydrogens (tertiary/aromatic N) is 4. The Balaban J connectivity index is 1.42. The molecule has 1 saturated heterocycles. The van der Waals surface area contributed by atoms with Crippen LogP contribution in [0, 0.1) is 6.92 Å². The Morgan fingerprint density at radius 2 is 2.00 bits per heavy atom. The summed E-state index contributed by atoms with van der Waals surface area (Å²) in [5, 5.41) is 7.82. The topological polar surface area (TPSA) is 45.5 Å². The molecule has 0 unspecified atom stereocenters. The third kappa shape index (κ3) is 5.22. The Hall–Kier alpha value is -2.56. The first kappa shape index (κ1) is 18.2. The van der Waals surface area contributed by atoms with E-state index < -0.39 is 0 Å². The Labute approximate surface area is 156 Å². The largest absolute Gasteiger partial charge is 0.356 e. The lowest BCUT2D eigenvalue weighted by atomic mass is 10.0. The molecule has 0 aliphatic carbocycles. The van der Waals surface area contributed by atoms with Crippen LogP contribution in [0.4, 0.5) is 0 Å². The van der Waals surface area contributed by atoms with Crippen LogP contribution in [0.15, 0.2) is 53.3 Å². The van der Waals surface area contributed by atoms with Gasteiger partial charge >= 0.3 is 0 Å². The molecule has 26 heavy (non-hydrogen) atoms. The molecule has 1 fully saturated rings. The van der Waals surface area contributed by atoms with Gasteiger partial charge in [-0.2, -0.15) is 5.10 Å². The van der Waals surface area contributed by atoms with Crippen LogP contribution in [0.3, 0.4) is 0 Å². The van der Waals surface area contributed by atoms with Crippen LogP contribution in [-0.2, 0) is 6.54 Å². The molecule has 0 atom stereocenters. The zero-order valence-corrected chi connectivity index (χ0v) is 15.9. The van der Waals surface area contributed by atoms with Crippen molar-refractivity contribution in [2.45, 2.75) is 32.7 Å². The van der Waals surface area contributed by atoms with Crippen molar-refractivity contribution < 1.29 is 0 Å². The summed E-state index contributed by atoms with van der Waals surface area (Å²) in [7, 11) is 1.87. The van der Waals surface area contributed by atoms with Crippen LogP contribution >= 0.6 is 0 Å². The number of guanidine groups is 1. The average Bonchev–Trinajstić information content (AvgIpc) is 3.09. The summed E-state index contributed by atoms with van der Waals surface area (Å²) < 4.78 is 2.00. The average molecular weight is 351 g/mol. The van der Waals surface area contributed by atoms with Gasteiger partial charge in [-0.15, -0.1) is 0 Å². The molecule has 0 spiro atoms. The van der Waals surface area contributed by atoms with Crippen molar-refractivity contribution in [1.29, 1.82) is 0 Å². The number of benzene rings is 1. The smallest absolute Gasteiger partial charge is 0.193 e. The van der Waals surface area contributed by atoms with Crippen LogP contribution < -0.4 is 5.32 Å². The maximum atomic E-state index is 4.46. The fourth-order valence-electron chi connectivity index (χ4n) is 3.30. The zero-order valence-electron chi connectivity index (χ0n) is 15.9. The van der Waals surface area contributed by atoms with Crippen molar-refractivity contribution in [3.8, 4) is 0 Å². The maximum absolute atomic E-state index is 4.46. The van der Waals surface area contributed by atoms with Gasteiger partial charge in [-0.3, -0.25) is 9.67 Å². The number of piperidine rings is 1. The summed E-state index contributed by atoms with van der Waals surface area (Å²) in [6, 6.07) is 10.6. The van der Waals surface area contributed by atoms with Gasteiger partial charge in [0.2, 0.25) is 0 Å². The molecule has 1 aromatic heterocycles. The summed E-state index contributed by atoms with van der Waals surface area (Å²) in [4.78, 5) is 6.82. The van der Waals surface area contributed by atoms with E-state index in [4.69, 9.17) is 0 Å². The molecule has 5 nitrogen and oxygen atoms in total. The van der Waals surface area contributed by atoms with Crippen LogP contribution in [0.1, 0.15) is 30.4 Å². The van der Waals surface area contributed by atoms with E-state index in [1.807, 2.05) is 17.9 Å². The number of aromatic nitrogens is 2. The van der Waals surface area contributed by atoms with Crippen molar-refractivity contribution >= 4 is 12.0 Å². The van der Waals surface area contributed by atoms with Crippen molar-refractivity contribution in [3.05, 3.63) is 59.4 Å². The van der Waals surface area contributed by atoms with E-state index in [0.29, 0.717) is 0 Å². The first-order chi connectivity index (χ1) is 12.7. The molecule has 3 rings (SSSR count). The van der Waals surface area contributed by atoms with Crippen LogP contribution in [0.5, 0.6) is 0 Å². The Morgan fingerprint density at radius 1 is 1.23 bits per heavy atom. The van der Waals surface area contributed by atoms with Gasteiger partial charge < -0.3 is 10.2 Å².